The Morgan fingerprint density at radius 1 is 1.45 bits per heavy atom. The van der Waals surface area contributed by atoms with Crippen LogP contribution in [0.25, 0.3) is 5.82 Å². The smallest absolute Gasteiger partial charge is 0.382 e. The van der Waals surface area contributed by atoms with Crippen LogP contribution in [0.1, 0.15) is 16.1 Å². The Hall–Kier alpha value is -1.94. The molecule has 0 saturated heterocycles. The van der Waals surface area contributed by atoms with E-state index in [1.165, 1.54) is 6.26 Å². The average Bonchev–Trinajstić information content (AvgIpc) is 2.74. The van der Waals surface area contributed by atoms with Gasteiger partial charge in [-0.15, -0.1) is 0 Å². The molecule has 1 unspecified atom stereocenters. The molecule has 0 radical (unpaired) electrons. The highest BCUT2D eigenvalue weighted by atomic mass is 35.5. The van der Waals surface area contributed by atoms with Gasteiger partial charge in [0.15, 0.2) is 12.1 Å². The number of anilines is 1. The zero-order chi connectivity index (χ0) is 16.7. The van der Waals surface area contributed by atoms with Gasteiger partial charge in [0.25, 0.3) is 0 Å². The highest BCUT2D eigenvalue weighted by Crippen LogP contribution is 2.33. The summed E-state index contributed by atoms with van der Waals surface area (Å²) in [5.74, 6) is -0.385. The molecule has 0 aliphatic rings. The third-order valence-corrected chi connectivity index (χ3v) is 3.92. The monoisotopic (exact) mass is 352 g/mol. The molecule has 0 fully saturated rings. The van der Waals surface area contributed by atoms with E-state index >= 15 is 0 Å². The molecule has 0 bridgehead atoms. The van der Waals surface area contributed by atoms with Crippen molar-refractivity contribution in [3.63, 3.8) is 0 Å². The first-order chi connectivity index (χ1) is 10.2. The zero-order valence-corrected chi connectivity index (χ0v) is 12.5. The van der Waals surface area contributed by atoms with E-state index in [0.29, 0.717) is 18.5 Å². The number of halogens is 4. The maximum atomic E-state index is 12.6. The van der Waals surface area contributed by atoms with Crippen LogP contribution in [0.5, 0.6) is 0 Å². The molecular formula is C11H8ClF3N4O2S. The fourth-order valence-electron chi connectivity index (χ4n) is 1.71. The molecule has 2 aromatic rings. The van der Waals surface area contributed by atoms with E-state index in [9.17, 15) is 22.2 Å². The number of aldehydes is 1. The largest absolute Gasteiger partial charge is 0.417 e. The van der Waals surface area contributed by atoms with Crippen molar-refractivity contribution in [2.24, 2.45) is 0 Å². The van der Waals surface area contributed by atoms with Crippen molar-refractivity contribution in [1.82, 2.24) is 14.8 Å². The summed E-state index contributed by atoms with van der Waals surface area (Å²) in [4.78, 5) is 14.5. The third-order valence-electron chi connectivity index (χ3n) is 2.65. The van der Waals surface area contributed by atoms with Gasteiger partial charge in [0, 0.05) is 12.5 Å². The lowest BCUT2D eigenvalue weighted by Crippen LogP contribution is -2.10. The van der Waals surface area contributed by atoms with Crippen molar-refractivity contribution >= 4 is 34.5 Å². The Kier molecular flexibility index (Phi) is 4.25. The van der Waals surface area contributed by atoms with Crippen molar-refractivity contribution in [1.29, 1.82) is 0 Å². The van der Waals surface area contributed by atoms with Crippen LogP contribution in [0.15, 0.2) is 17.2 Å². The SMILES string of the molecule is CS(=O)c1c(C=O)nn(-c2ncc(C(F)(F)F)cc2Cl)c1N. The Labute approximate surface area is 129 Å². The van der Waals surface area contributed by atoms with Crippen LogP contribution >= 0.6 is 11.6 Å². The number of nitrogens with zero attached hydrogens (tertiary/aromatic N) is 3. The molecule has 1 atom stereocenters. The second-order valence-corrected chi connectivity index (χ2v) is 5.83. The lowest BCUT2D eigenvalue weighted by molar-refractivity contribution is -0.137. The molecule has 2 N–H and O–H groups in total. The number of hydrogen-bond acceptors (Lipinski definition) is 5. The van der Waals surface area contributed by atoms with Crippen molar-refractivity contribution in [2.45, 2.75) is 11.1 Å². The van der Waals surface area contributed by atoms with Gasteiger partial charge in [-0.1, -0.05) is 11.6 Å². The van der Waals surface area contributed by atoms with E-state index in [1.54, 1.807) is 0 Å². The molecule has 118 valence electrons. The Balaban J connectivity index is 2.63. The van der Waals surface area contributed by atoms with Crippen LogP contribution < -0.4 is 5.73 Å². The van der Waals surface area contributed by atoms with Gasteiger partial charge in [-0.3, -0.25) is 9.00 Å². The van der Waals surface area contributed by atoms with E-state index in [0.717, 1.165) is 4.68 Å². The number of aromatic nitrogens is 3. The number of nitrogen functional groups attached to an aromatic ring is 1. The van der Waals surface area contributed by atoms with Gasteiger partial charge in [0.1, 0.15) is 16.4 Å². The van der Waals surface area contributed by atoms with E-state index in [4.69, 9.17) is 17.3 Å². The van der Waals surface area contributed by atoms with Crippen LogP contribution in [0.3, 0.4) is 0 Å². The first-order valence-electron chi connectivity index (χ1n) is 5.57. The number of alkyl halides is 3. The second kappa shape index (κ2) is 5.69. The highest BCUT2D eigenvalue weighted by molar-refractivity contribution is 7.84. The van der Waals surface area contributed by atoms with Crippen molar-refractivity contribution in [3.05, 3.63) is 28.5 Å². The summed E-state index contributed by atoms with van der Waals surface area (Å²) in [6.45, 7) is 0. The number of rotatable bonds is 3. The predicted molar refractivity (Wildman–Crippen MR) is 73.5 cm³/mol. The number of carbonyl (C=O) groups excluding carboxylic acids is 1. The molecule has 0 amide bonds. The van der Waals surface area contributed by atoms with Crippen molar-refractivity contribution in [2.75, 3.05) is 12.0 Å². The molecule has 22 heavy (non-hydrogen) atoms. The second-order valence-electron chi connectivity index (χ2n) is 4.11. The number of carbonyl (C=O) groups is 1. The first-order valence-corrected chi connectivity index (χ1v) is 7.50. The summed E-state index contributed by atoms with van der Waals surface area (Å²) >= 11 is 5.78. The molecule has 2 rings (SSSR count). The summed E-state index contributed by atoms with van der Waals surface area (Å²) in [7, 11) is -1.62. The molecule has 0 aliphatic heterocycles. The lowest BCUT2D eigenvalue weighted by atomic mass is 10.3. The molecule has 6 nitrogen and oxygen atoms in total. The molecule has 0 aromatic carbocycles. The third kappa shape index (κ3) is 2.83. The minimum atomic E-state index is -4.60. The quantitative estimate of drug-likeness (QED) is 0.854. The number of hydrogen-bond donors (Lipinski definition) is 1. The van der Waals surface area contributed by atoms with Gasteiger partial charge < -0.3 is 5.73 Å². The van der Waals surface area contributed by atoms with Crippen LogP contribution in [-0.4, -0.2) is 31.5 Å². The van der Waals surface area contributed by atoms with Crippen LogP contribution in [-0.2, 0) is 17.0 Å². The van der Waals surface area contributed by atoms with E-state index in [1.807, 2.05) is 0 Å². The summed E-state index contributed by atoms with van der Waals surface area (Å²) < 4.78 is 50.2. The van der Waals surface area contributed by atoms with Gasteiger partial charge in [0.05, 0.1) is 21.4 Å². The maximum Gasteiger partial charge on any atom is 0.417 e. The van der Waals surface area contributed by atoms with Crippen molar-refractivity contribution in [3.8, 4) is 5.82 Å². The van der Waals surface area contributed by atoms with Gasteiger partial charge in [-0.05, 0) is 6.07 Å². The fourth-order valence-corrected chi connectivity index (χ4v) is 2.72. The van der Waals surface area contributed by atoms with Gasteiger partial charge in [0.2, 0.25) is 0 Å². The fraction of sp³-hybridized carbons (Fsp3) is 0.182. The molecular weight excluding hydrogens is 345 g/mol. The van der Waals surface area contributed by atoms with Gasteiger partial charge >= 0.3 is 6.18 Å². The average molecular weight is 353 g/mol. The predicted octanol–water partition coefficient (Wildman–Crippen LogP) is 2.07. The lowest BCUT2D eigenvalue weighted by Gasteiger charge is -2.10. The summed E-state index contributed by atoms with van der Waals surface area (Å²) in [6, 6.07) is 0.661. The summed E-state index contributed by atoms with van der Waals surface area (Å²) in [6.07, 6.45) is -2.42. The Morgan fingerprint density at radius 3 is 2.50 bits per heavy atom. The van der Waals surface area contributed by atoms with Gasteiger partial charge in [-0.25, -0.2) is 4.98 Å². The molecule has 2 aromatic heterocycles. The molecule has 11 heteroatoms. The van der Waals surface area contributed by atoms with E-state index < -0.39 is 22.5 Å². The first kappa shape index (κ1) is 16.4. The molecule has 0 aliphatic carbocycles. The van der Waals surface area contributed by atoms with Crippen LogP contribution in [0.2, 0.25) is 5.02 Å². The Morgan fingerprint density at radius 2 is 2.09 bits per heavy atom. The highest BCUT2D eigenvalue weighted by Gasteiger charge is 2.32. The normalized spacial score (nSPS) is 13.1. The molecule has 2 heterocycles. The van der Waals surface area contributed by atoms with Crippen molar-refractivity contribution < 1.29 is 22.2 Å². The summed E-state index contributed by atoms with van der Waals surface area (Å²) in [5.41, 5.74) is 4.50. The standard InChI is InChI=1S/C11H8ClF3N4O2S/c1-22(21)8-7(4-20)18-19(9(8)16)10-6(12)2-5(3-17-10)11(13,14)15/h2-4H,16H2,1H3. The Bertz CT molecular complexity index is 775. The van der Waals surface area contributed by atoms with Gasteiger partial charge in [-0.2, -0.15) is 23.0 Å². The molecule has 0 spiro atoms. The van der Waals surface area contributed by atoms with Crippen LogP contribution in [0, 0.1) is 0 Å². The van der Waals surface area contributed by atoms with E-state index in [-0.39, 0.29) is 27.2 Å². The van der Waals surface area contributed by atoms with Crippen LogP contribution in [0.4, 0.5) is 19.0 Å². The summed E-state index contributed by atoms with van der Waals surface area (Å²) in [5, 5.41) is 3.41. The molecule has 0 saturated carbocycles. The maximum absolute atomic E-state index is 12.6. The number of nitrogens with two attached hydrogens (primary N) is 1. The minimum Gasteiger partial charge on any atom is -0.382 e. The zero-order valence-electron chi connectivity index (χ0n) is 10.9. The van der Waals surface area contributed by atoms with E-state index in [2.05, 4.69) is 10.1 Å². The topological polar surface area (TPSA) is 90.9 Å². The number of pyridine rings is 1. The minimum absolute atomic E-state index is 0.0345.